The number of guanidine groups is 1. The predicted octanol–water partition coefficient (Wildman–Crippen LogP) is 1.32. The average molecular weight is 580 g/mol. The zero-order chi connectivity index (χ0) is 27.7. The lowest BCUT2D eigenvalue weighted by Crippen LogP contribution is -2.43. The molecule has 2 aromatic heterocycles. The molecule has 1 aromatic carbocycles. The number of carbonyl (C=O) groups excluding carboxylic acids is 2. The van der Waals surface area contributed by atoms with E-state index in [1.807, 2.05) is 0 Å². The van der Waals surface area contributed by atoms with Crippen molar-refractivity contribution >= 4 is 56.3 Å². The molecule has 12 nitrogen and oxygen atoms in total. The first-order valence-corrected chi connectivity index (χ1v) is 14.2. The van der Waals surface area contributed by atoms with Gasteiger partial charge < -0.3 is 21.4 Å². The second-order valence-electron chi connectivity index (χ2n) is 8.11. The molecule has 0 spiro atoms. The van der Waals surface area contributed by atoms with E-state index in [4.69, 9.17) is 23.1 Å². The fourth-order valence-corrected chi connectivity index (χ4v) is 5.35. The maximum atomic E-state index is 12.9. The van der Waals surface area contributed by atoms with E-state index < -0.39 is 34.1 Å². The maximum Gasteiger partial charge on any atom is 0.275 e. The Morgan fingerprint density at radius 1 is 1.18 bits per heavy atom. The Bertz CT molecular complexity index is 1450. The van der Waals surface area contributed by atoms with Crippen molar-refractivity contribution in [1.82, 2.24) is 14.9 Å². The molecule has 1 atom stereocenters. The van der Waals surface area contributed by atoms with Gasteiger partial charge in [0, 0.05) is 29.3 Å². The molecule has 0 radical (unpaired) electrons. The molecule has 3 rings (SSSR count). The SMILES string of the molecule is NC(N)=NCCC[C@H](NC(=O)Cn1cccc(NS(=O)(=O)Cc2ccc(Cl)cc2)c1=O)C(=O)c1nccs1. The van der Waals surface area contributed by atoms with Crippen LogP contribution in [0.5, 0.6) is 0 Å². The number of aliphatic imine (C=N–C) groups is 1. The van der Waals surface area contributed by atoms with Crippen molar-refractivity contribution in [2.24, 2.45) is 16.5 Å². The lowest BCUT2D eigenvalue weighted by Gasteiger charge is -2.17. The molecule has 6 N–H and O–H groups in total. The molecule has 1 amide bonds. The number of halogens is 1. The third-order valence-electron chi connectivity index (χ3n) is 5.11. The zero-order valence-electron chi connectivity index (χ0n) is 20.0. The molecule has 0 aliphatic rings. The maximum absolute atomic E-state index is 12.9. The van der Waals surface area contributed by atoms with Crippen LogP contribution in [0.25, 0.3) is 0 Å². The number of hydrogen-bond donors (Lipinski definition) is 4. The molecule has 2 heterocycles. The number of pyridine rings is 1. The van der Waals surface area contributed by atoms with Crippen LogP contribution in [0.1, 0.15) is 28.2 Å². The lowest BCUT2D eigenvalue weighted by molar-refractivity contribution is -0.122. The summed E-state index contributed by atoms with van der Waals surface area (Å²) in [7, 11) is -3.93. The van der Waals surface area contributed by atoms with E-state index in [0.717, 1.165) is 15.9 Å². The standard InChI is InChI=1S/C23H26ClN7O5S2/c24-16-7-5-15(6-8-16)14-38(35,36)30-18-4-2-11-31(22(18)34)13-19(32)29-17(3-1-9-28-23(25)26)20(33)21-27-10-12-37-21/h2,4-8,10-12,17,30H,1,3,9,13-14H2,(H,29,32)(H4,25,26,28)/t17-/m0/s1. The van der Waals surface area contributed by atoms with E-state index >= 15 is 0 Å². The van der Waals surface area contributed by atoms with E-state index in [0.29, 0.717) is 17.0 Å². The van der Waals surface area contributed by atoms with Crippen LogP contribution in [0.3, 0.4) is 0 Å². The number of amides is 1. The van der Waals surface area contributed by atoms with Crippen LogP contribution in [0, 0.1) is 0 Å². The van der Waals surface area contributed by atoms with Crippen LogP contribution in [0.2, 0.25) is 5.02 Å². The molecule has 0 bridgehead atoms. The molecule has 202 valence electrons. The van der Waals surface area contributed by atoms with Gasteiger partial charge in [-0.2, -0.15) is 0 Å². The molecule has 0 aliphatic heterocycles. The zero-order valence-corrected chi connectivity index (χ0v) is 22.4. The van der Waals surface area contributed by atoms with Gasteiger partial charge in [-0.15, -0.1) is 11.3 Å². The van der Waals surface area contributed by atoms with E-state index in [1.54, 1.807) is 29.6 Å². The number of aromatic nitrogens is 2. The van der Waals surface area contributed by atoms with Crippen molar-refractivity contribution in [3.8, 4) is 0 Å². The molecule has 0 aliphatic carbocycles. The number of nitrogens with two attached hydrogens (primary N) is 2. The second-order valence-corrected chi connectivity index (χ2v) is 11.2. The van der Waals surface area contributed by atoms with E-state index in [9.17, 15) is 22.8 Å². The highest BCUT2D eigenvalue weighted by atomic mass is 35.5. The van der Waals surface area contributed by atoms with Gasteiger partial charge in [-0.1, -0.05) is 23.7 Å². The van der Waals surface area contributed by atoms with Crippen LogP contribution in [0.4, 0.5) is 5.69 Å². The molecular weight excluding hydrogens is 554 g/mol. The summed E-state index contributed by atoms with van der Waals surface area (Å²) in [4.78, 5) is 46.4. The third-order valence-corrected chi connectivity index (χ3v) is 7.39. The summed E-state index contributed by atoms with van der Waals surface area (Å²) in [5.41, 5.74) is 10.2. The van der Waals surface area contributed by atoms with Crippen LogP contribution in [-0.2, 0) is 27.1 Å². The van der Waals surface area contributed by atoms with Crippen molar-refractivity contribution in [2.45, 2.75) is 31.2 Å². The fourth-order valence-electron chi connectivity index (χ4n) is 3.40. The Kier molecular flexibility index (Phi) is 9.98. The molecular formula is C23H26ClN7O5S2. The number of anilines is 1. The summed E-state index contributed by atoms with van der Waals surface area (Å²) >= 11 is 6.97. The molecule has 38 heavy (non-hydrogen) atoms. The normalized spacial score (nSPS) is 11.9. The summed E-state index contributed by atoms with van der Waals surface area (Å²) < 4.78 is 28.5. The molecule has 15 heteroatoms. The topological polar surface area (TPSA) is 192 Å². The number of sulfonamides is 1. The Balaban J connectivity index is 1.69. The highest BCUT2D eigenvalue weighted by Crippen LogP contribution is 2.14. The van der Waals surface area contributed by atoms with Gasteiger partial charge in [0.25, 0.3) is 5.56 Å². The first-order chi connectivity index (χ1) is 18.0. The van der Waals surface area contributed by atoms with Gasteiger partial charge >= 0.3 is 0 Å². The number of benzene rings is 1. The van der Waals surface area contributed by atoms with Gasteiger partial charge in [-0.3, -0.25) is 24.1 Å². The Morgan fingerprint density at radius 3 is 2.58 bits per heavy atom. The van der Waals surface area contributed by atoms with Gasteiger partial charge in [0.2, 0.25) is 21.7 Å². The summed E-state index contributed by atoms with van der Waals surface area (Å²) in [6, 6.07) is 8.07. The molecule has 0 saturated heterocycles. The van der Waals surface area contributed by atoms with Crippen molar-refractivity contribution in [3.05, 3.63) is 80.1 Å². The minimum absolute atomic E-state index is 0.0834. The van der Waals surface area contributed by atoms with Crippen molar-refractivity contribution in [2.75, 3.05) is 11.3 Å². The van der Waals surface area contributed by atoms with Gasteiger partial charge in [0.1, 0.15) is 12.2 Å². The quantitative estimate of drug-likeness (QED) is 0.101. The number of thiazole rings is 1. The highest BCUT2D eigenvalue weighted by molar-refractivity contribution is 7.91. The monoisotopic (exact) mass is 579 g/mol. The van der Waals surface area contributed by atoms with E-state index in [-0.39, 0.29) is 41.2 Å². The summed E-state index contributed by atoms with van der Waals surface area (Å²) in [6.07, 6.45) is 3.47. The first-order valence-electron chi connectivity index (χ1n) is 11.3. The van der Waals surface area contributed by atoms with Gasteiger partial charge in [0.05, 0.1) is 11.8 Å². The van der Waals surface area contributed by atoms with Gasteiger partial charge in [-0.25, -0.2) is 13.4 Å². The number of nitrogens with zero attached hydrogens (tertiary/aromatic N) is 3. The van der Waals surface area contributed by atoms with Crippen LogP contribution in [0.15, 0.2) is 64.0 Å². The van der Waals surface area contributed by atoms with E-state index in [2.05, 4.69) is 20.0 Å². The third kappa shape index (κ3) is 8.68. The number of hydrogen-bond acceptors (Lipinski definition) is 8. The van der Waals surface area contributed by atoms with Gasteiger partial charge in [0.15, 0.2) is 11.0 Å². The molecule has 0 saturated carbocycles. The van der Waals surface area contributed by atoms with Gasteiger partial charge in [-0.05, 0) is 42.7 Å². The largest absolute Gasteiger partial charge is 0.370 e. The number of rotatable bonds is 13. The Labute approximate surface area is 227 Å². The summed E-state index contributed by atoms with van der Waals surface area (Å²) in [5.74, 6) is -1.46. The smallest absolute Gasteiger partial charge is 0.275 e. The summed E-state index contributed by atoms with van der Waals surface area (Å²) in [6.45, 7) is -0.182. The number of carbonyl (C=O) groups is 2. The van der Waals surface area contributed by atoms with Crippen molar-refractivity contribution < 1.29 is 18.0 Å². The molecule has 0 fully saturated rings. The van der Waals surface area contributed by atoms with Crippen LogP contribution >= 0.6 is 22.9 Å². The fraction of sp³-hybridized carbons (Fsp3) is 0.261. The molecule has 3 aromatic rings. The first kappa shape index (κ1) is 28.8. The number of Topliss-reactive ketones (excluding diaryl/α,β-unsaturated/α-hetero) is 1. The summed E-state index contributed by atoms with van der Waals surface area (Å²) in [5, 5.41) is 4.97. The number of ketones is 1. The van der Waals surface area contributed by atoms with Crippen LogP contribution in [-0.4, -0.2) is 48.2 Å². The van der Waals surface area contributed by atoms with Crippen molar-refractivity contribution in [3.63, 3.8) is 0 Å². The predicted molar refractivity (Wildman–Crippen MR) is 147 cm³/mol. The average Bonchev–Trinajstić information content (AvgIpc) is 3.39. The van der Waals surface area contributed by atoms with Crippen LogP contribution < -0.4 is 27.1 Å². The number of nitrogens with one attached hydrogen (secondary N) is 2. The lowest BCUT2D eigenvalue weighted by atomic mass is 10.1. The highest BCUT2D eigenvalue weighted by Gasteiger charge is 2.24. The van der Waals surface area contributed by atoms with Crippen molar-refractivity contribution in [1.29, 1.82) is 0 Å². The van der Waals surface area contributed by atoms with E-state index in [1.165, 1.54) is 24.5 Å². The Morgan fingerprint density at radius 2 is 1.92 bits per heavy atom. The Hall–Kier alpha value is -3.75. The molecule has 0 unspecified atom stereocenters. The minimum atomic E-state index is -3.93. The minimum Gasteiger partial charge on any atom is -0.370 e. The second kappa shape index (κ2) is 13.2.